The van der Waals surface area contributed by atoms with Gasteiger partial charge in [0, 0.05) is 21.2 Å². The molecule has 2 aromatic carbocycles. The SMILES string of the molecule is CCOC(=O)c1sc(-c2cc(Br)c(N)c(C#Cc3ccccc3)c2)nc1C. The quantitative estimate of drug-likeness (QED) is 0.351. The summed E-state index contributed by atoms with van der Waals surface area (Å²) in [4.78, 5) is 17.1. The van der Waals surface area contributed by atoms with Crippen LogP contribution in [-0.2, 0) is 4.74 Å². The first-order chi connectivity index (χ1) is 13.0. The van der Waals surface area contributed by atoms with E-state index in [2.05, 4.69) is 32.8 Å². The van der Waals surface area contributed by atoms with Crippen LogP contribution in [0.4, 0.5) is 5.69 Å². The molecule has 0 amide bonds. The van der Waals surface area contributed by atoms with Crippen LogP contribution >= 0.6 is 27.3 Å². The molecule has 4 nitrogen and oxygen atoms in total. The second-order valence-electron chi connectivity index (χ2n) is 5.69. The molecule has 2 N–H and O–H groups in total. The number of aryl methyl sites for hydroxylation is 1. The molecule has 0 aliphatic carbocycles. The monoisotopic (exact) mass is 440 g/mol. The van der Waals surface area contributed by atoms with Gasteiger partial charge in [-0.15, -0.1) is 11.3 Å². The highest BCUT2D eigenvalue weighted by atomic mass is 79.9. The summed E-state index contributed by atoms with van der Waals surface area (Å²) in [6.07, 6.45) is 0. The summed E-state index contributed by atoms with van der Waals surface area (Å²) < 4.78 is 5.83. The molecule has 0 radical (unpaired) electrons. The van der Waals surface area contributed by atoms with Gasteiger partial charge in [-0.05, 0) is 54.0 Å². The molecule has 0 aliphatic heterocycles. The van der Waals surface area contributed by atoms with E-state index in [0.717, 1.165) is 20.6 Å². The zero-order valence-electron chi connectivity index (χ0n) is 14.9. The fraction of sp³-hybridized carbons (Fsp3) is 0.143. The summed E-state index contributed by atoms with van der Waals surface area (Å²) >= 11 is 4.79. The molecule has 0 bridgehead atoms. The number of esters is 1. The Balaban J connectivity index is 2.01. The van der Waals surface area contributed by atoms with Crippen LogP contribution in [0.1, 0.15) is 33.4 Å². The Kier molecular flexibility index (Phi) is 5.94. The Morgan fingerprint density at radius 3 is 2.70 bits per heavy atom. The number of hydrogen-bond donors (Lipinski definition) is 1. The smallest absolute Gasteiger partial charge is 0.350 e. The minimum atomic E-state index is -0.350. The van der Waals surface area contributed by atoms with Gasteiger partial charge in [-0.1, -0.05) is 30.0 Å². The molecule has 1 heterocycles. The second kappa shape index (κ2) is 8.38. The zero-order chi connectivity index (χ0) is 19.4. The van der Waals surface area contributed by atoms with Crippen molar-refractivity contribution in [2.24, 2.45) is 0 Å². The number of hydrogen-bond acceptors (Lipinski definition) is 5. The molecular weight excluding hydrogens is 424 g/mol. The number of nitrogen functional groups attached to an aromatic ring is 1. The normalized spacial score (nSPS) is 10.2. The molecule has 0 fully saturated rings. The number of ether oxygens (including phenoxy) is 1. The standard InChI is InChI=1S/C21H17BrN2O2S/c1-3-26-21(25)19-13(2)24-20(27-19)16-11-15(18(23)17(22)12-16)10-9-14-7-5-4-6-8-14/h4-8,11-12H,3,23H2,1-2H3. The Hall–Kier alpha value is -2.62. The van der Waals surface area contributed by atoms with Crippen molar-refractivity contribution in [3.05, 3.63) is 68.6 Å². The molecule has 136 valence electrons. The number of aromatic nitrogens is 1. The lowest BCUT2D eigenvalue weighted by Crippen LogP contribution is -2.03. The van der Waals surface area contributed by atoms with Crippen molar-refractivity contribution in [2.45, 2.75) is 13.8 Å². The summed E-state index contributed by atoms with van der Waals surface area (Å²) in [6.45, 7) is 3.91. The van der Waals surface area contributed by atoms with Crippen LogP contribution in [0.15, 0.2) is 46.9 Å². The second-order valence-corrected chi connectivity index (χ2v) is 7.54. The van der Waals surface area contributed by atoms with Crippen molar-refractivity contribution < 1.29 is 9.53 Å². The summed E-state index contributed by atoms with van der Waals surface area (Å²) in [5, 5.41) is 0.721. The molecular formula is C21H17BrN2O2S. The van der Waals surface area contributed by atoms with E-state index >= 15 is 0 Å². The first kappa shape index (κ1) is 19.2. The van der Waals surface area contributed by atoms with Crippen LogP contribution in [0.25, 0.3) is 10.6 Å². The van der Waals surface area contributed by atoms with Crippen LogP contribution in [0.2, 0.25) is 0 Å². The van der Waals surface area contributed by atoms with Gasteiger partial charge in [0.25, 0.3) is 0 Å². The average molecular weight is 441 g/mol. The van der Waals surface area contributed by atoms with E-state index in [1.807, 2.05) is 42.5 Å². The topological polar surface area (TPSA) is 65.2 Å². The van der Waals surface area contributed by atoms with E-state index < -0.39 is 0 Å². The molecule has 0 spiro atoms. The predicted octanol–water partition coefficient (Wildman–Crippen LogP) is 5.04. The number of halogens is 1. The summed E-state index contributed by atoms with van der Waals surface area (Å²) in [5.74, 6) is 5.89. The summed E-state index contributed by atoms with van der Waals surface area (Å²) in [5.41, 5.74) is 9.86. The predicted molar refractivity (Wildman–Crippen MR) is 113 cm³/mol. The van der Waals surface area contributed by atoms with Crippen LogP contribution < -0.4 is 5.73 Å². The van der Waals surface area contributed by atoms with Gasteiger partial charge in [0.1, 0.15) is 9.88 Å². The lowest BCUT2D eigenvalue weighted by molar-refractivity contribution is 0.0531. The van der Waals surface area contributed by atoms with Crippen LogP contribution in [0, 0.1) is 18.8 Å². The van der Waals surface area contributed by atoms with Gasteiger partial charge in [0.2, 0.25) is 0 Å². The van der Waals surface area contributed by atoms with Crippen molar-refractivity contribution in [3.63, 3.8) is 0 Å². The van der Waals surface area contributed by atoms with Gasteiger partial charge in [-0.2, -0.15) is 0 Å². The fourth-order valence-corrected chi connectivity index (χ4v) is 3.82. The number of nitrogens with zero attached hydrogens (tertiary/aromatic N) is 1. The highest BCUT2D eigenvalue weighted by Crippen LogP contribution is 2.34. The van der Waals surface area contributed by atoms with Crippen molar-refractivity contribution in [2.75, 3.05) is 12.3 Å². The van der Waals surface area contributed by atoms with Crippen LogP contribution in [0.5, 0.6) is 0 Å². The highest BCUT2D eigenvalue weighted by Gasteiger charge is 2.18. The number of nitrogens with two attached hydrogens (primary N) is 1. The molecule has 0 aliphatic rings. The number of thiazole rings is 1. The molecule has 0 atom stereocenters. The number of benzene rings is 2. The summed E-state index contributed by atoms with van der Waals surface area (Å²) in [7, 11) is 0. The highest BCUT2D eigenvalue weighted by molar-refractivity contribution is 9.10. The molecule has 3 rings (SSSR count). The van der Waals surface area contributed by atoms with E-state index in [4.69, 9.17) is 10.5 Å². The maximum Gasteiger partial charge on any atom is 0.350 e. The molecule has 27 heavy (non-hydrogen) atoms. The number of rotatable bonds is 3. The fourth-order valence-electron chi connectivity index (χ4n) is 2.41. The lowest BCUT2D eigenvalue weighted by atomic mass is 10.1. The van der Waals surface area contributed by atoms with E-state index in [1.54, 1.807) is 13.8 Å². The van der Waals surface area contributed by atoms with E-state index in [0.29, 0.717) is 28.4 Å². The maximum atomic E-state index is 12.1. The van der Waals surface area contributed by atoms with Gasteiger partial charge in [-0.3, -0.25) is 0 Å². The minimum Gasteiger partial charge on any atom is -0.462 e. The summed E-state index contributed by atoms with van der Waals surface area (Å²) in [6, 6.07) is 13.5. The zero-order valence-corrected chi connectivity index (χ0v) is 17.3. The van der Waals surface area contributed by atoms with E-state index in [-0.39, 0.29) is 5.97 Å². The van der Waals surface area contributed by atoms with Gasteiger partial charge in [0.15, 0.2) is 0 Å². The van der Waals surface area contributed by atoms with Gasteiger partial charge in [-0.25, -0.2) is 9.78 Å². The Morgan fingerprint density at radius 1 is 1.26 bits per heavy atom. The molecule has 0 unspecified atom stereocenters. The third kappa shape index (κ3) is 4.38. The van der Waals surface area contributed by atoms with Gasteiger partial charge < -0.3 is 10.5 Å². The first-order valence-electron chi connectivity index (χ1n) is 8.30. The third-order valence-corrected chi connectivity index (χ3v) is 5.59. The minimum absolute atomic E-state index is 0.331. The Bertz CT molecular complexity index is 1050. The van der Waals surface area contributed by atoms with Crippen molar-refractivity contribution in [1.82, 2.24) is 4.98 Å². The molecule has 0 saturated heterocycles. The Morgan fingerprint density at radius 2 is 2.00 bits per heavy atom. The van der Waals surface area contributed by atoms with Crippen LogP contribution in [0.3, 0.4) is 0 Å². The van der Waals surface area contributed by atoms with Crippen LogP contribution in [-0.4, -0.2) is 17.6 Å². The van der Waals surface area contributed by atoms with Crippen molar-refractivity contribution in [1.29, 1.82) is 0 Å². The van der Waals surface area contributed by atoms with Crippen molar-refractivity contribution >= 4 is 38.9 Å². The van der Waals surface area contributed by atoms with E-state index in [9.17, 15) is 4.79 Å². The molecule has 6 heteroatoms. The molecule has 0 saturated carbocycles. The largest absolute Gasteiger partial charge is 0.462 e. The average Bonchev–Trinajstić information content (AvgIpc) is 3.05. The van der Waals surface area contributed by atoms with Gasteiger partial charge in [0.05, 0.1) is 18.0 Å². The van der Waals surface area contributed by atoms with Crippen molar-refractivity contribution in [3.8, 4) is 22.4 Å². The van der Waals surface area contributed by atoms with E-state index in [1.165, 1.54) is 11.3 Å². The molecule has 1 aromatic heterocycles. The number of carbonyl (C=O) groups excluding carboxylic acids is 1. The van der Waals surface area contributed by atoms with Gasteiger partial charge >= 0.3 is 5.97 Å². The number of carbonyl (C=O) groups is 1. The Labute approximate surface area is 170 Å². The molecule has 3 aromatic rings. The first-order valence-corrected chi connectivity index (χ1v) is 9.91. The lowest BCUT2D eigenvalue weighted by Gasteiger charge is -2.05. The number of anilines is 1. The maximum absolute atomic E-state index is 12.1. The third-order valence-electron chi connectivity index (χ3n) is 3.75.